The molecule has 1 rings (SSSR count). The molecule has 1 fully saturated rings. The fraction of sp³-hybridized carbons (Fsp3) is 0.818. The van der Waals surface area contributed by atoms with Gasteiger partial charge in [-0.1, -0.05) is 19.3 Å². The van der Waals surface area contributed by atoms with Crippen LogP contribution in [-0.2, 0) is 9.59 Å². The third kappa shape index (κ3) is 5.70. The number of nitrogens with two attached hydrogens (primary N) is 1. The summed E-state index contributed by atoms with van der Waals surface area (Å²) in [4.78, 5) is 21.9. The van der Waals surface area contributed by atoms with Crippen molar-refractivity contribution in [3.8, 4) is 0 Å². The Balaban J connectivity index is 2.03. The van der Waals surface area contributed by atoms with Crippen LogP contribution in [0, 0.1) is 0 Å². The highest BCUT2D eigenvalue weighted by Gasteiger charge is 2.14. The Bertz CT molecular complexity index is 237. The molecule has 0 spiro atoms. The lowest BCUT2D eigenvalue weighted by atomic mass is 9.95. The van der Waals surface area contributed by atoms with Crippen LogP contribution in [0.4, 0.5) is 0 Å². The second-order valence-electron chi connectivity index (χ2n) is 4.30. The maximum Gasteiger partial charge on any atom is 0.234 e. The monoisotopic (exact) mass is 227 g/mol. The number of rotatable bonds is 6. The van der Waals surface area contributed by atoms with Crippen LogP contribution in [0.3, 0.4) is 0 Å². The van der Waals surface area contributed by atoms with Crippen molar-refractivity contribution in [2.24, 2.45) is 5.73 Å². The Labute approximate surface area is 96.1 Å². The molecule has 0 radical (unpaired) electrons. The van der Waals surface area contributed by atoms with E-state index in [2.05, 4.69) is 10.6 Å². The Morgan fingerprint density at radius 3 is 2.50 bits per heavy atom. The minimum atomic E-state index is -0.347. The summed E-state index contributed by atoms with van der Waals surface area (Å²) in [5.74, 6) is -0.337. The Hall–Kier alpha value is -1.10. The number of amides is 2. The topological polar surface area (TPSA) is 84.2 Å². The standard InChI is InChI=1S/C11H21N3O2/c12-10(15)6-7-13-8-11(16)14-9-4-2-1-3-5-9/h9,13H,1-8H2,(H2,12,15)(H,14,16). The maximum absolute atomic E-state index is 11.5. The van der Waals surface area contributed by atoms with Crippen LogP contribution in [-0.4, -0.2) is 30.9 Å². The van der Waals surface area contributed by atoms with Gasteiger partial charge in [0.25, 0.3) is 0 Å². The van der Waals surface area contributed by atoms with Gasteiger partial charge in [-0.2, -0.15) is 0 Å². The summed E-state index contributed by atoms with van der Waals surface area (Å²) < 4.78 is 0. The van der Waals surface area contributed by atoms with Crippen molar-refractivity contribution in [2.45, 2.75) is 44.6 Å². The quantitative estimate of drug-likeness (QED) is 0.554. The summed E-state index contributed by atoms with van der Waals surface area (Å²) in [6.45, 7) is 0.733. The summed E-state index contributed by atoms with van der Waals surface area (Å²) in [6, 6.07) is 0.346. The average molecular weight is 227 g/mol. The molecule has 1 saturated carbocycles. The first kappa shape index (κ1) is 13.0. The van der Waals surface area contributed by atoms with Crippen molar-refractivity contribution in [3.05, 3.63) is 0 Å². The Morgan fingerprint density at radius 1 is 1.19 bits per heavy atom. The van der Waals surface area contributed by atoms with E-state index in [1.165, 1.54) is 19.3 Å². The predicted molar refractivity (Wildman–Crippen MR) is 61.7 cm³/mol. The van der Waals surface area contributed by atoms with Crippen molar-refractivity contribution in [3.63, 3.8) is 0 Å². The number of hydrogen-bond acceptors (Lipinski definition) is 3. The van der Waals surface area contributed by atoms with Crippen molar-refractivity contribution in [1.29, 1.82) is 0 Å². The maximum atomic E-state index is 11.5. The fourth-order valence-electron chi connectivity index (χ4n) is 1.94. The van der Waals surface area contributed by atoms with Gasteiger partial charge in [-0.25, -0.2) is 0 Å². The van der Waals surface area contributed by atoms with Crippen LogP contribution >= 0.6 is 0 Å². The lowest BCUT2D eigenvalue weighted by Gasteiger charge is -2.22. The van der Waals surface area contributed by atoms with E-state index < -0.39 is 0 Å². The van der Waals surface area contributed by atoms with Gasteiger partial charge in [-0.15, -0.1) is 0 Å². The van der Waals surface area contributed by atoms with Gasteiger partial charge in [0, 0.05) is 19.0 Å². The van der Waals surface area contributed by atoms with Gasteiger partial charge in [-0.3, -0.25) is 9.59 Å². The first-order chi connectivity index (χ1) is 7.68. The minimum Gasteiger partial charge on any atom is -0.370 e. The fourth-order valence-corrected chi connectivity index (χ4v) is 1.94. The third-order valence-corrected chi connectivity index (χ3v) is 2.80. The predicted octanol–water partition coefficient (Wildman–Crippen LogP) is -0.0997. The van der Waals surface area contributed by atoms with E-state index in [-0.39, 0.29) is 24.8 Å². The molecule has 0 atom stereocenters. The SMILES string of the molecule is NC(=O)CCNCC(=O)NC1CCCCC1. The van der Waals surface area contributed by atoms with Gasteiger partial charge in [0.1, 0.15) is 0 Å². The largest absolute Gasteiger partial charge is 0.370 e. The molecule has 0 unspecified atom stereocenters. The third-order valence-electron chi connectivity index (χ3n) is 2.80. The zero-order valence-electron chi connectivity index (χ0n) is 9.63. The molecule has 0 aliphatic heterocycles. The second kappa shape index (κ2) is 7.22. The van der Waals surface area contributed by atoms with E-state index in [0.29, 0.717) is 12.6 Å². The van der Waals surface area contributed by atoms with Gasteiger partial charge in [-0.05, 0) is 12.8 Å². The summed E-state index contributed by atoms with van der Waals surface area (Å²) in [6.07, 6.45) is 6.15. The summed E-state index contributed by atoms with van der Waals surface area (Å²) in [5, 5.41) is 5.88. The van der Waals surface area contributed by atoms with Crippen LogP contribution in [0.2, 0.25) is 0 Å². The molecular formula is C11H21N3O2. The lowest BCUT2D eigenvalue weighted by molar-refractivity contribution is -0.121. The van der Waals surface area contributed by atoms with E-state index in [4.69, 9.17) is 5.73 Å². The van der Waals surface area contributed by atoms with E-state index in [1.54, 1.807) is 0 Å². The Morgan fingerprint density at radius 2 is 1.88 bits per heavy atom. The van der Waals surface area contributed by atoms with E-state index in [1.807, 2.05) is 0 Å². The molecule has 92 valence electrons. The van der Waals surface area contributed by atoms with Crippen LogP contribution < -0.4 is 16.4 Å². The van der Waals surface area contributed by atoms with Gasteiger partial charge in [0.15, 0.2) is 0 Å². The molecule has 5 nitrogen and oxygen atoms in total. The molecular weight excluding hydrogens is 206 g/mol. The molecule has 0 aromatic rings. The molecule has 0 aromatic carbocycles. The number of carbonyl (C=O) groups excluding carboxylic acids is 2. The molecule has 1 aliphatic carbocycles. The van der Waals surface area contributed by atoms with E-state index in [0.717, 1.165) is 12.8 Å². The lowest BCUT2D eigenvalue weighted by Crippen LogP contribution is -2.41. The van der Waals surface area contributed by atoms with Crippen molar-refractivity contribution >= 4 is 11.8 Å². The molecule has 0 heterocycles. The first-order valence-corrected chi connectivity index (χ1v) is 5.97. The molecule has 1 aliphatic rings. The average Bonchev–Trinajstić information content (AvgIpc) is 2.25. The molecule has 4 N–H and O–H groups in total. The smallest absolute Gasteiger partial charge is 0.234 e. The zero-order valence-corrected chi connectivity index (χ0v) is 9.63. The summed E-state index contributed by atoms with van der Waals surface area (Å²) >= 11 is 0. The number of nitrogens with one attached hydrogen (secondary N) is 2. The molecule has 0 bridgehead atoms. The second-order valence-corrected chi connectivity index (χ2v) is 4.30. The van der Waals surface area contributed by atoms with Crippen LogP contribution in [0.1, 0.15) is 38.5 Å². The van der Waals surface area contributed by atoms with Gasteiger partial charge in [0.2, 0.25) is 11.8 Å². The van der Waals surface area contributed by atoms with Crippen molar-refractivity contribution in [2.75, 3.05) is 13.1 Å². The van der Waals surface area contributed by atoms with E-state index >= 15 is 0 Å². The molecule has 16 heavy (non-hydrogen) atoms. The molecule has 2 amide bonds. The molecule has 0 saturated heterocycles. The van der Waals surface area contributed by atoms with Gasteiger partial charge in [0.05, 0.1) is 6.54 Å². The van der Waals surface area contributed by atoms with Gasteiger partial charge < -0.3 is 16.4 Å². The van der Waals surface area contributed by atoms with Crippen LogP contribution in [0.25, 0.3) is 0 Å². The van der Waals surface area contributed by atoms with Crippen molar-refractivity contribution in [1.82, 2.24) is 10.6 Å². The van der Waals surface area contributed by atoms with E-state index in [9.17, 15) is 9.59 Å². The zero-order chi connectivity index (χ0) is 11.8. The van der Waals surface area contributed by atoms with Gasteiger partial charge >= 0.3 is 0 Å². The normalized spacial score (nSPS) is 17.0. The number of hydrogen-bond donors (Lipinski definition) is 3. The highest BCUT2D eigenvalue weighted by molar-refractivity contribution is 5.78. The molecule has 5 heteroatoms. The summed E-state index contributed by atoms with van der Waals surface area (Å²) in [5.41, 5.74) is 4.98. The number of carbonyl (C=O) groups is 2. The van der Waals surface area contributed by atoms with Crippen LogP contribution in [0.5, 0.6) is 0 Å². The molecule has 0 aromatic heterocycles. The Kier molecular flexibility index (Phi) is 5.85. The summed E-state index contributed by atoms with van der Waals surface area (Å²) in [7, 11) is 0. The highest BCUT2D eigenvalue weighted by atomic mass is 16.2. The first-order valence-electron chi connectivity index (χ1n) is 5.97. The highest BCUT2D eigenvalue weighted by Crippen LogP contribution is 2.16. The number of primary amides is 1. The van der Waals surface area contributed by atoms with Crippen LogP contribution in [0.15, 0.2) is 0 Å². The minimum absolute atomic E-state index is 0.0105. The van der Waals surface area contributed by atoms with Crippen molar-refractivity contribution < 1.29 is 9.59 Å².